The molecule has 1 aliphatic carbocycles. The fourth-order valence-electron chi connectivity index (χ4n) is 4.38. The maximum Gasteiger partial charge on any atom is 0.248 e. The molecule has 0 spiro atoms. The number of carbonyl (C=O) groups is 1. The van der Waals surface area contributed by atoms with Gasteiger partial charge in [0.2, 0.25) is 11.8 Å². The lowest BCUT2D eigenvalue weighted by Gasteiger charge is -2.21. The molecule has 3 atom stereocenters. The summed E-state index contributed by atoms with van der Waals surface area (Å²) in [6.45, 7) is 3.10. The Labute approximate surface area is 154 Å². The van der Waals surface area contributed by atoms with Crippen LogP contribution >= 0.6 is 0 Å². The van der Waals surface area contributed by atoms with Crippen LogP contribution in [0, 0.1) is 11.8 Å². The summed E-state index contributed by atoms with van der Waals surface area (Å²) < 4.78 is 17.4. The summed E-state index contributed by atoms with van der Waals surface area (Å²) in [5.41, 5.74) is 0. The van der Waals surface area contributed by atoms with E-state index in [4.69, 9.17) is 14.2 Å². The zero-order valence-corrected chi connectivity index (χ0v) is 15.2. The average Bonchev–Trinajstić information content (AvgIpc) is 3.39. The van der Waals surface area contributed by atoms with E-state index in [1.165, 1.54) is 12.8 Å². The number of aromatic nitrogens is 1. The summed E-state index contributed by atoms with van der Waals surface area (Å²) in [6.07, 6.45) is 7.77. The first-order valence-corrected chi connectivity index (χ1v) is 9.84. The first kappa shape index (κ1) is 17.7. The zero-order valence-electron chi connectivity index (χ0n) is 15.2. The van der Waals surface area contributed by atoms with Crippen LogP contribution in [0.3, 0.4) is 0 Å². The average molecular weight is 360 g/mol. The SMILES string of the molecule is O=C(COC1CCCC1)N1C[C@@H]2[C@H](CCOc3ccccn3)CO[C@@H]2C1. The third-order valence-corrected chi connectivity index (χ3v) is 5.91. The number of nitrogens with zero attached hydrogens (tertiary/aromatic N) is 2. The number of amides is 1. The van der Waals surface area contributed by atoms with E-state index in [0.29, 0.717) is 30.9 Å². The minimum Gasteiger partial charge on any atom is -0.478 e. The number of rotatable bonds is 7. The number of carbonyl (C=O) groups excluding carboxylic acids is 1. The molecule has 2 saturated heterocycles. The zero-order chi connectivity index (χ0) is 17.8. The van der Waals surface area contributed by atoms with Gasteiger partial charge in [-0.3, -0.25) is 4.79 Å². The first-order chi connectivity index (χ1) is 12.8. The van der Waals surface area contributed by atoms with Crippen molar-refractivity contribution in [1.82, 2.24) is 9.88 Å². The van der Waals surface area contributed by atoms with Gasteiger partial charge in [0.25, 0.3) is 0 Å². The lowest BCUT2D eigenvalue weighted by Crippen LogP contribution is -2.35. The smallest absolute Gasteiger partial charge is 0.248 e. The van der Waals surface area contributed by atoms with Gasteiger partial charge in [-0.2, -0.15) is 0 Å². The minimum atomic E-state index is 0.110. The van der Waals surface area contributed by atoms with Crippen molar-refractivity contribution in [3.63, 3.8) is 0 Å². The lowest BCUT2D eigenvalue weighted by atomic mass is 9.91. The van der Waals surface area contributed by atoms with E-state index in [9.17, 15) is 4.79 Å². The monoisotopic (exact) mass is 360 g/mol. The van der Waals surface area contributed by atoms with Crippen LogP contribution in [0.25, 0.3) is 0 Å². The molecule has 1 aromatic rings. The molecule has 3 aliphatic rings. The fourth-order valence-corrected chi connectivity index (χ4v) is 4.38. The van der Waals surface area contributed by atoms with Gasteiger partial charge in [-0.1, -0.05) is 18.9 Å². The van der Waals surface area contributed by atoms with Crippen LogP contribution < -0.4 is 4.74 Å². The van der Waals surface area contributed by atoms with E-state index < -0.39 is 0 Å². The molecule has 26 heavy (non-hydrogen) atoms. The van der Waals surface area contributed by atoms with Gasteiger partial charge in [0, 0.05) is 31.3 Å². The van der Waals surface area contributed by atoms with E-state index in [-0.39, 0.29) is 24.7 Å². The molecule has 1 saturated carbocycles. The van der Waals surface area contributed by atoms with E-state index in [1.54, 1.807) is 6.20 Å². The molecule has 3 fully saturated rings. The number of likely N-dealkylation sites (tertiary alicyclic amines) is 1. The van der Waals surface area contributed by atoms with Crippen molar-refractivity contribution < 1.29 is 19.0 Å². The largest absolute Gasteiger partial charge is 0.478 e. The summed E-state index contributed by atoms with van der Waals surface area (Å²) in [6, 6.07) is 5.67. The molecule has 0 bridgehead atoms. The van der Waals surface area contributed by atoms with Crippen LogP contribution in [-0.4, -0.2) is 60.9 Å². The molecular weight excluding hydrogens is 332 g/mol. The van der Waals surface area contributed by atoms with E-state index in [0.717, 1.165) is 32.4 Å². The molecule has 3 heterocycles. The molecule has 6 heteroatoms. The second kappa shape index (κ2) is 8.35. The second-order valence-corrected chi connectivity index (χ2v) is 7.62. The van der Waals surface area contributed by atoms with Crippen LogP contribution in [0.2, 0.25) is 0 Å². The van der Waals surface area contributed by atoms with Gasteiger partial charge in [0.05, 0.1) is 25.4 Å². The van der Waals surface area contributed by atoms with Gasteiger partial charge in [0.1, 0.15) is 6.61 Å². The van der Waals surface area contributed by atoms with Crippen LogP contribution in [0.1, 0.15) is 32.1 Å². The Morgan fingerprint density at radius 1 is 1.27 bits per heavy atom. The maximum absolute atomic E-state index is 12.5. The predicted molar refractivity (Wildman–Crippen MR) is 95.9 cm³/mol. The van der Waals surface area contributed by atoms with E-state index >= 15 is 0 Å². The Bertz CT molecular complexity index is 591. The molecular formula is C20H28N2O4. The molecule has 1 amide bonds. The van der Waals surface area contributed by atoms with Crippen molar-refractivity contribution in [2.24, 2.45) is 11.8 Å². The molecule has 0 aromatic carbocycles. The molecule has 6 nitrogen and oxygen atoms in total. The van der Waals surface area contributed by atoms with Crippen molar-refractivity contribution in [3.8, 4) is 5.88 Å². The fraction of sp³-hybridized carbons (Fsp3) is 0.700. The van der Waals surface area contributed by atoms with Crippen molar-refractivity contribution in [1.29, 1.82) is 0 Å². The Kier molecular flexibility index (Phi) is 5.70. The summed E-state index contributed by atoms with van der Waals surface area (Å²) >= 11 is 0. The summed E-state index contributed by atoms with van der Waals surface area (Å²) in [4.78, 5) is 18.6. The lowest BCUT2D eigenvalue weighted by molar-refractivity contribution is -0.137. The third-order valence-electron chi connectivity index (χ3n) is 5.91. The number of ether oxygens (including phenoxy) is 3. The highest BCUT2D eigenvalue weighted by Crippen LogP contribution is 2.35. The number of fused-ring (bicyclic) bond motifs is 1. The number of pyridine rings is 1. The summed E-state index contributed by atoms with van der Waals surface area (Å²) in [7, 11) is 0. The Balaban J connectivity index is 1.21. The molecule has 4 rings (SSSR count). The van der Waals surface area contributed by atoms with Gasteiger partial charge in [-0.15, -0.1) is 0 Å². The van der Waals surface area contributed by atoms with Gasteiger partial charge in [-0.25, -0.2) is 4.98 Å². The highest BCUT2D eigenvalue weighted by atomic mass is 16.5. The molecule has 142 valence electrons. The molecule has 2 aliphatic heterocycles. The Hall–Kier alpha value is -1.66. The third kappa shape index (κ3) is 4.18. The maximum atomic E-state index is 12.5. The quantitative estimate of drug-likeness (QED) is 0.747. The van der Waals surface area contributed by atoms with Gasteiger partial charge < -0.3 is 19.1 Å². The summed E-state index contributed by atoms with van der Waals surface area (Å²) in [5, 5.41) is 0. The van der Waals surface area contributed by atoms with Gasteiger partial charge in [0.15, 0.2) is 0 Å². The molecule has 0 radical (unpaired) electrons. The van der Waals surface area contributed by atoms with Crippen molar-refractivity contribution in [2.75, 3.05) is 32.9 Å². The van der Waals surface area contributed by atoms with Crippen molar-refractivity contribution >= 4 is 5.91 Å². The van der Waals surface area contributed by atoms with Crippen LogP contribution in [0.5, 0.6) is 5.88 Å². The Morgan fingerprint density at radius 3 is 2.96 bits per heavy atom. The topological polar surface area (TPSA) is 60.9 Å². The number of hydrogen-bond donors (Lipinski definition) is 0. The minimum absolute atomic E-state index is 0.110. The van der Waals surface area contributed by atoms with Crippen LogP contribution in [0.4, 0.5) is 0 Å². The predicted octanol–water partition coefficient (Wildman–Crippen LogP) is 2.28. The second-order valence-electron chi connectivity index (χ2n) is 7.62. The van der Waals surface area contributed by atoms with E-state index in [2.05, 4.69) is 4.98 Å². The van der Waals surface area contributed by atoms with Gasteiger partial charge in [-0.05, 0) is 31.2 Å². The van der Waals surface area contributed by atoms with Crippen LogP contribution in [-0.2, 0) is 14.3 Å². The highest BCUT2D eigenvalue weighted by molar-refractivity contribution is 5.77. The van der Waals surface area contributed by atoms with Crippen LogP contribution in [0.15, 0.2) is 24.4 Å². The van der Waals surface area contributed by atoms with Crippen molar-refractivity contribution in [3.05, 3.63) is 24.4 Å². The molecule has 0 unspecified atom stereocenters. The summed E-state index contributed by atoms with van der Waals surface area (Å²) in [5.74, 6) is 1.63. The normalized spacial score (nSPS) is 28.5. The van der Waals surface area contributed by atoms with Gasteiger partial charge >= 0.3 is 0 Å². The standard InChI is InChI=1S/C20H28N2O4/c23-20(14-25-16-5-1-2-6-16)22-11-17-15(13-26-18(17)12-22)8-10-24-19-7-3-4-9-21-19/h3-4,7,9,15-18H,1-2,5-6,8,10-14H2/t15-,17-,18-/m1/s1. The van der Waals surface area contributed by atoms with Crippen molar-refractivity contribution in [2.45, 2.75) is 44.3 Å². The molecule has 0 N–H and O–H groups in total. The number of hydrogen-bond acceptors (Lipinski definition) is 5. The highest BCUT2D eigenvalue weighted by Gasteiger charge is 2.44. The van der Waals surface area contributed by atoms with E-state index in [1.807, 2.05) is 23.1 Å². The molecule has 1 aromatic heterocycles. The Morgan fingerprint density at radius 2 is 2.15 bits per heavy atom. The first-order valence-electron chi connectivity index (χ1n) is 9.84.